The van der Waals surface area contributed by atoms with E-state index in [0.717, 1.165) is 36.8 Å². The summed E-state index contributed by atoms with van der Waals surface area (Å²) < 4.78 is 23.1. The number of carboxylic acid groups (broad SMARTS) is 2. The van der Waals surface area contributed by atoms with Crippen molar-refractivity contribution >= 4 is 72.8 Å². The molecule has 2 aromatic rings. The molecule has 0 bridgehead atoms. The van der Waals surface area contributed by atoms with Gasteiger partial charge in [0.1, 0.15) is 12.2 Å². The van der Waals surface area contributed by atoms with Gasteiger partial charge in [0.2, 0.25) is 0 Å². The SMILES string of the molecule is CCCCCCCCCCCCCC(OC(C)=O)C(CCC(=O)[O-])OCc1ccccc1.CCCCCCCCCCCCCC(OC(C)=O)C(CCC(=O)[O-])OCc1ccccc1.[Ba+2]. The summed E-state index contributed by atoms with van der Waals surface area (Å²) in [5.41, 5.74) is 2.00. The molecule has 0 fully saturated rings. The van der Waals surface area contributed by atoms with Crippen molar-refractivity contribution in [3.63, 3.8) is 0 Å². The second-order valence-electron chi connectivity index (χ2n) is 17.4. The van der Waals surface area contributed by atoms with E-state index < -0.39 is 36.4 Å². The van der Waals surface area contributed by atoms with Gasteiger partial charge in [0.15, 0.2) is 0 Å². The Hall–Kier alpha value is -2.19. The van der Waals surface area contributed by atoms with Gasteiger partial charge in [-0.1, -0.05) is 203 Å². The third-order valence-corrected chi connectivity index (χ3v) is 11.5. The molecule has 0 N–H and O–H groups in total. The largest absolute Gasteiger partial charge is 2.00 e. The van der Waals surface area contributed by atoms with Gasteiger partial charge in [0, 0.05) is 25.8 Å². The van der Waals surface area contributed by atoms with Crippen LogP contribution in [0.15, 0.2) is 60.7 Å². The van der Waals surface area contributed by atoms with Crippen molar-refractivity contribution in [1.29, 1.82) is 0 Å². The summed E-state index contributed by atoms with van der Waals surface area (Å²) in [4.78, 5) is 45.3. The van der Waals surface area contributed by atoms with E-state index in [9.17, 15) is 29.4 Å². The van der Waals surface area contributed by atoms with Gasteiger partial charge in [-0.2, -0.15) is 0 Å². The molecular weight excluding hydrogens is 946 g/mol. The Morgan fingerprint density at radius 1 is 0.415 bits per heavy atom. The predicted molar refractivity (Wildman–Crippen MR) is 258 cm³/mol. The zero-order chi connectivity index (χ0) is 46.9. The Morgan fingerprint density at radius 3 is 0.954 bits per heavy atom. The maximum absolute atomic E-state index is 11.7. The molecule has 364 valence electrons. The summed E-state index contributed by atoms with van der Waals surface area (Å²) in [7, 11) is 0. The van der Waals surface area contributed by atoms with Gasteiger partial charge in [-0.25, -0.2) is 0 Å². The average molecular weight is 1030 g/mol. The van der Waals surface area contributed by atoms with Crippen molar-refractivity contribution < 1.29 is 48.3 Å². The first-order valence-corrected chi connectivity index (χ1v) is 25.1. The molecule has 0 spiro atoms. The summed E-state index contributed by atoms with van der Waals surface area (Å²) >= 11 is 0. The van der Waals surface area contributed by atoms with Crippen molar-refractivity contribution in [1.82, 2.24) is 0 Å². The quantitative estimate of drug-likeness (QED) is 0.0358. The van der Waals surface area contributed by atoms with Crippen LogP contribution in [-0.2, 0) is 51.3 Å². The second-order valence-corrected chi connectivity index (χ2v) is 17.4. The molecule has 0 saturated carbocycles. The smallest absolute Gasteiger partial charge is 0.550 e. The van der Waals surface area contributed by atoms with Crippen LogP contribution in [0.1, 0.15) is 219 Å². The Labute approximate surface area is 434 Å². The standard InChI is InChI=1S/2C27H44O5.Ba/c2*1-3-4-5-6-7-8-9-10-11-12-16-19-26(32-23(2)28)25(20-21-27(29)30)31-22-24-17-14-13-15-18-24;/h2*13-15,17-18,25-26H,3-12,16,19-22H2,1-2H3,(H,29,30);/q;;+2/p-2. The molecule has 4 unspecified atom stereocenters. The molecular formula is C54H86BaO10. The predicted octanol–water partition coefficient (Wildman–Crippen LogP) is 11.1. The minimum Gasteiger partial charge on any atom is -0.550 e. The fourth-order valence-electron chi connectivity index (χ4n) is 7.92. The molecule has 0 aromatic heterocycles. The number of carboxylic acids is 2. The normalized spacial score (nSPS) is 12.7. The molecule has 0 radical (unpaired) electrons. The molecule has 0 saturated heterocycles. The number of rotatable bonds is 40. The second kappa shape index (κ2) is 44.3. The van der Waals surface area contributed by atoms with E-state index in [0.29, 0.717) is 26.1 Å². The van der Waals surface area contributed by atoms with Gasteiger partial charge in [-0.3, -0.25) is 9.59 Å². The molecule has 2 aromatic carbocycles. The minimum atomic E-state index is -1.12. The van der Waals surface area contributed by atoms with Crippen molar-refractivity contribution in [2.24, 2.45) is 0 Å². The van der Waals surface area contributed by atoms with Gasteiger partial charge in [0.25, 0.3) is 0 Å². The summed E-state index contributed by atoms with van der Waals surface area (Å²) in [5, 5.41) is 22.0. The third-order valence-electron chi connectivity index (χ3n) is 11.5. The van der Waals surface area contributed by atoms with Gasteiger partial charge in [-0.15, -0.1) is 0 Å². The van der Waals surface area contributed by atoms with Crippen LogP contribution in [0.5, 0.6) is 0 Å². The van der Waals surface area contributed by atoms with Crippen LogP contribution in [0.3, 0.4) is 0 Å². The Balaban J connectivity index is 0.00000124. The van der Waals surface area contributed by atoms with Crippen molar-refractivity contribution in [2.75, 3.05) is 0 Å². The Morgan fingerprint density at radius 2 is 0.692 bits per heavy atom. The van der Waals surface area contributed by atoms with Crippen molar-refractivity contribution in [3.05, 3.63) is 71.8 Å². The van der Waals surface area contributed by atoms with E-state index in [1.165, 1.54) is 129 Å². The molecule has 0 heterocycles. The minimum absolute atomic E-state index is 0. The van der Waals surface area contributed by atoms with Crippen LogP contribution < -0.4 is 10.2 Å². The van der Waals surface area contributed by atoms with Crippen LogP contribution in [0.4, 0.5) is 0 Å². The molecule has 10 nitrogen and oxygen atoms in total. The van der Waals surface area contributed by atoms with E-state index in [4.69, 9.17) is 18.9 Å². The molecule has 4 atom stereocenters. The molecule has 2 rings (SSSR count). The number of esters is 2. The molecule has 0 aliphatic rings. The average Bonchev–Trinajstić information content (AvgIpc) is 3.27. The van der Waals surface area contributed by atoms with Crippen LogP contribution in [0, 0.1) is 0 Å². The van der Waals surface area contributed by atoms with Crippen LogP contribution in [0.25, 0.3) is 0 Å². The van der Waals surface area contributed by atoms with E-state index in [1.807, 2.05) is 60.7 Å². The summed E-state index contributed by atoms with van der Waals surface area (Å²) in [6.07, 6.45) is 27.4. The zero-order valence-corrected chi connectivity index (χ0v) is 45.5. The number of carbonyl (C=O) groups excluding carboxylic acids is 4. The van der Waals surface area contributed by atoms with Crippen LogP contribution in [0.2, 0.25) is 0 Å². The number of ether oxygens (including phenoxy) is 4. The number of benzene rings is 2. The number of aliphatic carboxylic acids is 2. The maximum Gasteiger partial charge on any atom is 2.00 e. The first-order chi connectivity index (χ1) is 31.0. The topological polar surface area (TPSA) is 151 Å². The van der Waals surface area contributed by atoms with Crippen LogP contribution in [-0.4, -0.2) is 97.2 Å². The van der Waals surface area contributed by atoms with Gasteiger partial charge in [-0.05, 0) is 62.5 Å². The third kappa shape index (κ3) is 38.5. The zero-order valence-electron chi connectivity index (χ0n) is 41.1. The maximum atomic E-state index is 11.7. The summed E-state index contributed by atoms with van der Waals surface area (Å²) in [6, 6.07) is 19.4. The number of hydrogen-bond acceptors (Lipinski definition) is 10. The fraction of sp³-hybridized carbons (Fsp3) is 0.704. The van der Waals surface area contributed by atoms with Gasteiger partial charge >= 0.3 is 60.8 Å². The Bertz CT molecular complexity index is 1320. The first kappa shape index (κ1) is 62.8. The molecule has 65 heavy (non-hydrogen) atoms. The van der Waals surface area contributed by atoms with E-state index in [2.05, 4.69) is 13.8 Å². The Kier molecular flexibility index (Phi) is 42.8. The molecule has 0 aliphatic carbocycles. The van der Waals surface area contributed by atoms with Gasteiger partial charge < -0.3 is 38.7 Å². The first-order valence-electron chi connectivity index (χ1n) is 25.1. The van der Waals surface area contributed by atoms with Crippen LogP contribution >= 0.6 is 0 Å². The molecule has 11 heteroatoms. The van der Waals surface area contributed by atoms with E-state index >= 15 is 0 Å². The monoisotopic (exact) mass is 1030 g/mol. The fourth-order valence-corrected chi connectivity index (χ4v) is 7.92. The number of carbonyl (C=O) groups is 4. The molecule has 0 aliphatic heterocycles. The van der Waals surface area contributed by atoms with Gasteiger partial charge in [0.05, 0.1) is 25.4 Å². The van der Waals surface area contributed by atoms with E-state index in [1.54, 1.807) is 0 Å². The van der Waals surface area contributed by atoms with Crippen molar-refractivity contribution in [3.8, 4) is 0 Å². The number of hydrogen-bond donors (Lipinski definition) is 0. The van der Waals surface area contributed by atoms with E-state index in [-0.39, 0.29) is 86.5 Å². The number of unbranched alkanes of at least 4 members (excludes halogenated alkanes) is 20. The summed E-state index contributed by atoms with van der Waals surface area (Å²) in [6.45, 7) is 7.98. The molecule has 0 amide bonds. The van der Waals surface area contributed by atoms with Crippen molar-refractivity contribution in [2.45, 2.75) is 245 Å². The summed E-state index contributed by atoms with van der Waals surface area (Å²) in [5.74, 6) is -2.95.